The van der Waals surface area contributed by atoms with Gasteiger partial charge in [0.2, 0.25) is 0 Å². The largest absolute Gasteiger partial charge is 0.456 e. The summed E-state index contributed by atoms with van der Waals surface area (Å²) in [6.45, 7) is 0. The van der Waals surface area contributed by atoms with Gasteiger partial charge in [-0.05, 0) is 94.5 Å². The Balaban J connectivity index is 1.07. The van der Waals surface area contributed by atoms with Crippen molar-refractivity contribution >= 4 is 55.1 Å². The van der Waals surface area contributed by atoms with Gasteiger partial charge in [0.1, 0.15) is 11.2 Å². The SMILES string of the molecule is C1=CC2c3cc(-c4ccc5c(c4)c4ccccc4n5-c4cccc5oc6cc(-c7ccccc7)ccc6c45)ccc3N(c3ccccc3)C2C=C1. The van der Waals surface area contributed by atoms with Crippen LogP contribution < -0.4 is 4.90 Å². The highest BCUT2D eigenvalue weighted by Crippen LogP contribution is 2.49. The van der Waals surface area contributed by atoms with Gasteiger partial charge in [0, 0.05) is 33.5 Å². The fraction of sp³-hybridized carbons (Fsp3) is 0.0417. The number of benzene rings is 7. The van der Waals surface area contributed by atoms with Gasteiger partial charge in [0.25, 0.3) is 0 Å². The Labute approximate surface area is 295 Å². The maximum absolute atomic E-state index is 6.54. The number of para-hydroxylation sites is 2. The number of nitrogens with zero attached hydrogens (tertiary/aromatic N) is 2. The van der Waals surface area contributed by atoms with Gasteiger partial charge in [-0.1, -0.05) is 115 Å². The molecule has 0 fully saturated rings. The first-order valence-corrected chi connectivity index (χ1v) is 17.7. The molecule has 11 rings (SSSR count). The monoisotopic (exact) mass is 652 g/mol. The molecule has 1 aliphatic carbocycles. The Kier molecular flexibility index (Phi) is 6.08. The molecule has 9 aromatic rings. The van der Waals surface area contributed by atoms with Gasteiger partial charge >= 0.3 is 0 Å². The maximum Gasteiger partial charge on any atom is 0.137 e. The van der Waals surface area contributed by atoms with Crippen molar-refractivity contribution in [1.29, 1.82) is 0 Å². The summed E-state index contributed by atoms with van der Waals surface area (Å²) in [5, 5.41) is 4.73. The second-order valence-electron chi connectivity index (χ2n) is 13.7. The molecular weight excluding hydrogens is 621 g/mol. The number of anilines is 2. The Morgan fingerprint density at radius 3 is 2.08 bits per heavy atom. The lowest BCUT2D eigenvalue weighted by Gasteiger charge is -2.28. The first-order valence-electron chi connectivity index (χ1n) is 17.7. The quantitative estimate of drug-likeness (QED) is 0.189. The van der Waals surface area contributed by atoms with E-state index in [1.807, 2.05) is 0 Å². The molecule has 0 amide bonds. The average Bonchev–Trinajstić information content (AvgIpc) is 3.85. The van der Waals surface area contributed by atoms with Crippen LogP contribution >= 0.6 is 0 Å². The number of allylic oxidation sites excluding steroid dienone is 2. The van der Waals surface area contributed by atoms with Gasteiger partial charge in [0.15, 0.2) is 0 Å². The molecule has 1 aliphatic heterocycles. The molecule has 0 saturated heterocycles. The summed E-state index contributed by atoms with van der Waals surface area (Å²) in [5.41, 5.74) is 14.0. The molecular formula is C48H32N2O. The van der Waals surface area contributed by atoms with E-state index in [-0.39, 0.29) is 6.04 Å². The van der Waals surface area contributed by atoms with Crippen molar-refractivity contribution in [3.05, 3.63) is 188 Å². The number of fused-ring (bicyclic) bond motifs is 9. The second kappa shape index (κ2) is 11.0. The van der Waals surface area contributed by atoms with Crippen LogP contribution in [0.2, 0.25) is 0 Å². The van der Waals surface area contributed by atoms with E-state index < -0.39 is 0 Å². The highest BCUT2D eigenvalue weighted by molar-refractivity contribution is 6.15. The highest BCUT2D eigenvalue weighted by Gasteiger charge is 2.37. The molecule has 0 spiro atoms. The van der Waals surface area contributed by atoms with Crippen LogP contribution in [-0.2, 0) is 0 Å². The van der Waals surface area contributed by atoms with Crippen molar-refractivity contribution in [2.45, 2.75) is 12.0 Å². The molecule has 0 radical (unpaired) electrons. The highest BCUT2D eigenvalue weighted by atomic mass is 16.3. The number of furan rings is 1. The Morgan fingerprint density at radius 2 is 1.18 bits per heavy atom. The van der Waals surface area contributed by atoms with Gasteiger partial charge in [-0.25, -0.2) is 0 Å². The number of rotatable bonds is 4. The fourth-order valence-electron chi connectivity index (χ4n) is 8.63. The second-order valence-corrected chi connectivity index (χ2v) is 13.7. The van der Waals surface area contributed by atoms with Gasteiger partial charge in [-0.2, -0.15) is 0 Å². The zero-order chi connectivity index (χ0) is 33.5. The number of aromatic nitrogens is 1. The van der Waals surface area contributed by atoms with E-state index in [1.165, 1.54) is 55.4 Å². The van der Waals surface area contributed by atoms with Crippen LogP contribution in [0.5, 0.6) is 0 Å². The Morgan fingerprint density at radius 1 is 0.451 bits per heavy atom. The lowest BCUT2D eigenvalue weighted by atomic mass is 9.89. The van der Waals surface area contributed by atoms with E-state index in [2.05, 4.69) is 191 Å². The van der Waals surface area contributed by atoms with E-state index >= 15 is 0 Å². The van der Waals surface area contributed by atoms with Crippen LogP contribution in [0.1, 0.15) is 11.5 Å². The van der Waals surface area contributed by atoms with Crippen molar-refractivity contribution in [2.24, 2.45) is 0 Å². The molecule has 3 heteroatoms. The summed E-state index contributed by atoms with van der Waals surface area (Å²) < 4.78 is 8.96. The van der Waals surface area contributed by atoms with E-state index in [1.54, 1.807) is 0 Å². The zero-order valence-electron chi connectivity index (χ0n) is 27.8. The minimum atomic E-state index is 0.273. The topological polar surface area (TPSA) is 21.3 Å². The van der Waals surface area contributed by atoms with Crippen LogP contribution in [0, 0.1) is 0 Å². The van der Waals surface area contributed by atoms with Crippen LogP contribution in [0.4, 0.5) is 11.4 Å². The smallest absolute Gasteiger partial charge is 0.137 e. The van der Waals surface area contributed by atoms with Crippen molar-refractivity contribution in [1.82, 2.24) is 4.57 Å². The molecule has 2 aromatic heterocycles. The van der Waals surface area contributed by atoms with Gasteiger partial charge in [0.05, 0.1) is 28.1 Å². The molecule has 51 heavy (non-hydrogen) atoms. The van der Waals surface area contributed by atoms with Gasteiger partial charge < -0.3 is 13.9 Å². The third-order valence-corrected chi connectivity index (χ3v) is 10.9. The molecule has 0 N–H and O–H groups in total. The molecule has 240 valence electrons. The first kappa shape index (κ1) is 28.3. The van der Waals surface area contributed by atoms with Crippen molar-refractivity contribution in [3.8, 4) is 27.9 Å². The zero-order valence-corrected chi connectivity index (χ0v) is 27.8. The summed E-state index contributed by atoms with van der Waals surface area (Å²) in [6.07, 6.45) is 9.07. The Bertz CT molecular complexity index is 2870. The van der Waals surface area contributed by atoms with Crippen molar-refractivity contribution < 1.29 is 4.42 Å². The average molecular weight is 653 g/mol. The molecule has 3 heterocycles. The van der Waals surface area contributed by atoms with Crippen LogP contribution in [0.3, 0.4) is 0 Å². The van der Waals surface area contributed by atoms with Crippen LogP contribution in [0.15, 0.2) is 186 Å². The van der Waals surface area contributed by atoms with Gasteiger partial charge in [-0.3, -0.25) is 0 Å². The molecule has 2 unspecified atom stereocenters. The normalized spacial score (nSPS) is 16.4. The molecule has 3 nitrogen and oxygen atoms in total. The minimum absolute atomic E-state index is 0.273. The minimum Gasteiger partial charge on any atom is -0.456 e. The van der Waals surface area contributed by atoms with E-state index in [0.29, 0.717) is 5.92 Å². The fourth-order valence-corrected chi connectivity index (χ4v) is 8.63. The summed E-state index contributed by atoms with van der Waals surface area (Å²) >= 11 is 0. The predicted molar refractivity (Wildman–Crippen MR) is 212 cm³/mol. The molecule has 0 bridgehead atoms. The Hall–Kier alpha value is -6.58. The predicted octanol–water partition coefficient (Wildman–Crippen LogP) is 12.7. The number of hydrogen-bond donors (Lipinski definition) is 0. The van der Waals surface area contributed by atoms with E-state index in [0.717, 1.165) is 33.2 Å². The number of hydrogen-bond acceptors (Lipinski definition) is 2. The molecule has 2 atom stereocenters. The van der Waals surface area contributed by atoms with Crippen LogP contribution in [-0.4, -0.2) is 10.6 Å². The summed E-state index contributed by atoms with van der Waals surface area (Å²) in [5.74, 6) is 0.310. The summed E-state index contributed by atoms with van der Waals surface area (Å²) in [6, 6.07) is 57.3. The summed E-state index contributed by atoms with van der Waals surface area (Å²) in [7, 11) is 0. The van der Waals surface area contributed by atoms with Crippen molar-refractivity contribution in [2.75, 3.05) is 4.90 Å². The van der Waals surface area contributed by atoms with Crippen molar-refractivity contribution in [3.63, 3.8) is 0 Å². The maximum atomic E-state index is 6.54. The van der Waals surface area contributed by atoms with Crippen LogP contribution in [0.25, 0.3) is 71.7 Å². The summed E-state index contributed by atoms with van der Waals surface area (Å²) in [4.78, 5) is 2.49. The molecule has 0 saturated carbocycles. The first-order chi connectivity index (χ1) is 25.3. The lowest BCUT2D eigenvalue weighted by molar-refractivity contribution is 0.669. The lowest BCUT2D eigenvalue weighted by Crippen LogP contribution is -2.28. The third kappa shape index (κ3) is 4.25. The van der Waals surface area contributed by atoms with E-state index in [4.69, 9.17) is 4.42 Å². The van der Waals surface area contributed by atoms with E-state index in [9.17, 15) is 0 Å². The third-order valence-electron chi connectivity index (χ3n) is 10.9. The van der Waals surface area contributed by atoms with Gasteiger partial charge in [-0.15, -0.1) is 0 Å². The molecule has 2 aliphatic rings. The standard InChI is InChI=1S/C48H32N2O/c1-3-12-31(13-4-1)34-22-25-38-47(30-34)51-46-21-11-20-45(48(38)46)50-42-19-10-8-17-37(42)40-29-33(24-27-44(40)50)32-23-26-43-39(28-32)36-16-7-9-18-41(36)49(43)35-14-5-2-6-15-35/h1-30,36,41H. The molecule has 7 aromatic carbocycles.